The van der Waals surface area contributed by atoms with Crippen LogP contribution in [-0.2, 0) is 10.2 Å². The first kappa shape index (κ1) is 16.3. The largest absolute Gasteiger partial charge is 0.481 e. The summed E-state index contributed by atoms with van der Waals surface area (Å²) >= 11 is 0. The van der Waals surface area contributed by atoms with Crippen LogP contribution < -0.4 is 0 Å². The Balaban J connectivity index is 1.80. The molecule has 3 rings (SSSR count). The Hall–Kier alpha value is -2.56. The molecule has 126 valence electrons. The van der Waals surface area contributed by atoms with Crippen molar-refractivity contribution in [1.82, 2.24) is 4.90 Å². The van der Waals surface area contributed by atoms with Crippen LogP contribution in [0, 0.1) is 13.8 Å². The molecule has 1 fully saturated rings. The van der Waals surface area contributed by atoms with Crippen molar-refractivity contribution in [2.24, 2.45) is 0 Å². The molecule has 5 heteroatoms. The van der Waals surface area contributed by atoms with Gasteiger partial charge in [-0.25, -0.2) is 0 Å². The van der Waals surface area contributed by atoms with Gasteiger partial charge in [0, 0.05) is 18.7 Å². The van der Waals surface area contributed by atoms with E-state index in [2.05, 4.69) is 0 Å². The first-order valence-corrected chi connectivity index (χ1v) is 8.09. The van der Waals surface area contributed by atoms with Crippen LogP contribution in [0.1, 0.15) is 40.3 Å². The highest BCUT2D eigenvalue weighted by Gasteiger charge is 2.44. The Morgan fingerprint density at radius 1 is 1.12 bits per heavy atom. The fraction of sp³-hybridized carbons (Fsp3) is 0.368. The summed E-state index contributed by atoms with van der Waals surface area (Å²) in [5.74, 6) is 0.0746. The van der Waals surface area contributed by atoms with Crippen LogP contribution in [0.15, 0.2) is 40.8 Å². The highest BCUT2D eigenvalue weighted by Crippen LogP contribution is 2.36. The van der Waals surface area contributed by atoms with E-state index in [1.54, 1.807) is 4.90 Å². The zero-order valence-electron chi connectivity index (χ0n) is 13.9. The monoisotopic (exact) mass is 327 g/mol. The van der Waals surface area contributed by atoms with Gasteiger partial charge in [-0.2, -0.15) is 0 Å². The molecule has 0 bridgehead atoms. The molecular weight excluding hydrogens is 306 g/mol. The number of rotatable bonds is 3. The Morgan fingerprint density at radius 3 is 2.25 bits per heavy atom. The summed E-state index contributed by atoms with van der Waals surface area (Å²) in [4.78, 5) is 26.3. The molecule has 0 radical (unpaired) electrons. The third-order valence-electron chi connectivity index (χ3n) is 4.88. The van der Waals surface area contributed by atoms with E-state index in [-0.39, 0.29) is 5.91 Å². The third-order valence-corrected chi connectivity index (χ3v) is 4.88. The summed E-state index contributed by atoms with van der Waals surface area (Å²) in [7, 11) is 0. The Bertz CT molecular complexity index is 755. The fourth-order valence-electron chi connectivity index (χ4n) is 3.47. The van der Waals surface area contributed by atoms with Gasteiger partial charge in [-0.1, -0.05) is 30.3 Å². The number of nitrogens with zero attached hydrogens (tertiary/aromatic N) is 1. The van der Waals surface area contributed by atoms with Crippen molar-refractivity contribution in [2.45, 2.75) is 32.1 Å². The normalized spacial score (nSPS) is 16.8. The van der Waals surface area contributed by atoms with Crippen LogP contribution in [-0.4, -0.2) is 35.0 Å². The standard InChI is InChI=1S/C19H21NO4/c1-13-12-14(2)24-16(13)17(21)20-10-8-19(9-11-20,18(22)23)15-6-4-3-5-7-15/h3-7,12H,8-11H2,1-2H3,(H,22,23). The lowest BCUT2D eigenvalue weighted by Crippen LogP contribution is -2.49. The van der Waals surface area contributed by atoms with Crippen LogP contribution in [0.4, 0.5) is 0 Å². The van der Waals surface area contributed by atoms with Crippen LogP contribution >= 0.6 is 0 Å². The van der Waals surface area contributed by atoms with Crippen molar-refractivity contribution >= 4 is 11.9 Å². The molecule has 1 saturated heterocycles. The minimum atomic E-state index is -0.924. The van der Waals surface area contributed by atoms with E-state index >= 15 is 0 Å². The number of amides is 1. The zero-order valence-corrected chi connectivity index (χ0v) is 13.9. The number of carbonyl (C=O) groups is 2. The molecule has 0 atom stereocenters. The fourth-order valence-corrected chi connectivity index (χ4v) is 3.47. The van der Waals surface area contributed by atoms with Crippen LogP contribution in [0.5, 0.6) is 0 Å². The summed E-state index contributed by atoms with van der Waals surface area (Å²) in [6.45, 7) is 4.46. The van der Waals surface area contributed by atoms with E-state index in [4.69, 9.17) is 4.42 Å². The number of carbonyl (C=O) groups excluding carboxylic acids is 1. The van der Waals surface area contributed by atoms with Gasteiger partial charge in [-0.05, 0) is 38.3 Å². The number of carboxylic acid groups (broad SMARTS) is 1. The Morgan fingerprint density at radius 2 is 1.75 bits per heavy atom. The van der Waals surface area contributed by atoms with Crippen molar-refractivity contribution < 1.29 is 19.1 Å². The molecule has 0 unspecified atom stereocenters. The predicted octanol–water partition coefficient (Wildman–Crippen LogP) is 3.16. The summed E-state index contributed by atoms with van der Waals surface area (Å²) in [5, 5.41) is 9.81. The second-order valence-corrected chi connectivity index (χ2v) is 6.41. The van der Waals surface area contributed by atoms with Crippen molar-refractivity contribution in [3.8, 4) is 0 Å². The number of aryl methyl sites for hydroxylation is 2. The van der Waals surface area contributed by atoms with Gasteiger partial charge in [-0.15, -0.1) is 0 Å². The smallest absolute Gasteiger partial charge is 0.314 e. The summed E-state index contributed by atoms with van der Waals surface area (Å²) in [6.07, 6.45) is 0.799. The number of hydrogen-bond donors (Lipinski definition) is 1. The third kappa shape index (κ3) is 2.70. The number of likely N-dealkylation sites (tertiary alicyclic amines) is 1. The van der Waals surface area contributed by atoms with E-state index in [0.29, 0.717) is 37.5 Å². The Kier molecular flexibility index (Phi) is 4.18. The van der Waals surface area contributed by atoms with Crippen LogP contribution in [0.25, 0.3) is 0 Å². The van der Waals surface area contributed by atoms with Gasteiger partial charge in [0.05, 0.1) is 5.41 Å². The predicted molar refractivity (Wildman–Crippen MR) is 89.1 cm³/mol. The van der Waals surface area contributed by atoms with Crippen molar-refractivity contribution in [3.63, 3.8) is 0 Å². The average Bonchev–Trinajstić information content (AvgIpc) is 2.93. The molecule has 0 spiro atoms. The highest BCUT2D eigenvalue weighted by molar-refractivity contribution is 5.93. The lowest BCUT2D eigenvalue weighted by atomic mass is 9.73. The number of furan rings is 1. The van der Waals surface area contributed by atoms with E-state index in [9.17, 15) is 14.7 Å². The first-order valence-electron chi connectivity index (χ1n) is 8.09. The molecule has 2 heterocycles. The molecule has 1 amide bonds. The molecule has 1 N–H and O–H groups in total. The molecule has 24 heavy (non-hydrogen) atoms. The van der Waals surface area contributed by atoms with E-state index in [0.717, 1.165) is 11.1 Å². The highest BCUT2D eigenvalue weighted by atomic mass is 16.4. The summed E-state index contributed by atoms with van der Waals surface area (Å²) < 4.78 is 5.51. The van der Waals surface area contributed by atoms with Gasteiger partial charge in [0.2, 0.25) is 0 Å². The number of hydrogen-bond acceptors (Lipinski definition) is 3. The number of piperidine rings is 1. The molecular formula is C19H21NO4. The first-order chi connectivity index (χ1) is 11.4. The van der Waals surface area contributed by atoms with E-state index in [1.165, 1.54) is 0 Å². The molecule has 0 aliphatic carbocycles. The second-order valence-electron chi connectivity index (χ2n) is 6.41. The average molecular weight is 327 g/mol. The molecule has 1 aliphatic rings. The molecule has 1 aromatic heterocycles. The second kappa shape index (κ2) is 6.15. The van der Waals surface area contributed by atoms with Gasteiger partial charge >= 0.3 is 5.97 Å². The molecule has 0 saturated carbocycles. The van der Waals surface area contributed by atoms with Crippen LogP contribution in [0.3, 0.4) is 0 Å². The maximum absolute atomic E-state index is 12.6. The zero-order chi connectivity index (χ0) is 17.3. The van der Waals surface area contributed by atoms with E-state index < -0.39 is 11.4 Å². The van der Waals surface area contributed by atoms with Crippen molar-refractivity contribution in [2.75, 3.05) is 13.1 Å². The van der Waals surface area contributed by atoms with Crippen molar-refractivity contribution in [1.29, 1.82) is 0 Å². The van der Waals surface area contributed by atoms with Crippen LogP contribution in [0.2, 0.25) is 0 Å². The molecule has 5 nitrogen and oxygen atoms in total. The maximum Gasteiger partial charge on any atom is 0.314 e. The van der Waals surface area contributed by atoms with Gasteiger partial charge in [0.15, 0.2) is 5.76 Å². The van der Waals surface area contributed by atoms with Gasteiger partial charge < -0.3 is 14.4 Å². The van der Waals surface area contributed by atoms with Crippen molar-refractivity contribution in [3.05, 3.63) is 59.0 Å². The molecule has 2 aromatic rings. The summed E-state index contributed by atoms with van der Waals surface area (Å²) in [6, 6.07) is 11.1. The number of aliphatic carboxylic acids is 1. The SMILES string of the molecule is Cc1cc(C)c(C(=O)N2CCC(C(=O)O)(c3ccccc3)CC2)o1. The molecule has 1 aliphatic heterocycles. The lowest BCUT2D eigenvalue weighted by molar-refractivity contribution is -0.145. The minimum Gasteiger partial charge on any atom is -0.481 e. The number of carboxylic acids is 1. The Labute approximate surface area is 140 Å². The molecule has 1 aromatic carbocycles. The number of benzene rings is 1. The quantitative estimate of drug-likeness (QED) is 0.940. The minimum absolute atomic E-state index is 0.160. The van der Waals surface area contributed by atoms with Gasteiger partial charge in [-0.3, -0.25) is 9.59 Å². The van der Waals surface area contributed by atoms with Gasteiger partial charge in [0.25, 0.3) is 5.91 Å². The lowest BCUT2D eigenvalue weighted by Gasteiger charge is -2.39. The maximum atomic E-state index is 12.6. The summed E-state index contributed by atoms with van der Waals surface area (Å²) in [5.41, 5.74) is 0.692. The van der Waals surface area contributed by atoms with E-state index in [1.807, 2.05) is 50.2 Å². The topological polar surface area (TPSA) is 70.8 Å². The van der Waals surface area contributed by atoms with Gasteiger partial charge in [0.1, 0.15) is 5.76 Å².